The maximum Gasteiger partial charge on any atom is 0.226 e. The fraction of sp³-hybridized carbons (Fsp3) is 0.462. The van der Waals surface area contributed by atoms with Gasteiger partial charge >= 0.3 is 0 Å². The van der Waals surface area contributed by atoms with Gasteiger partial charge in [-0.25, -0.2) is 14.4 Å². The minimum Gasteiger partial charge on any atom is -0.373 e. The van der Waals surface area contributed by atoms with Crippen LogP contribution in [0.2, 0.25) is 0 Å². The number of rotatable bonds is 5. The Balaban J connectivity index is 1.27. The molecule has 9 heteroatoms. The lowest BCUT2D eigenvalue weighted by atomic mass is 9.92. The fourth-order valence-electron chi connectivity index (χ4n) is 6.08. The first-order chi connectivity index (χ1) is 17.0. The number of nitrogens with zero attached hydrogens (tertiary/aromatic N) is 6. The van der Waals surface area contributed by atoms with Gasteiger partial charge in [0.1, 0.15) is 29.6 Å². The highest BCUT2D eigenvalue weighted by atomic mass is 19.1. The topological polar surface area (TPSA) is 82.1 Å². The van der Waals surface area contributed by atoms with Crippen LogP contribution in [0.1, 0.15) is 36.9 Å². The predicted molar refractivity (Wildman–Crippen MR) is 136 cm³/mol. The van der Waals surface area contributed by atoms with Crippen LogP contribution in [0, 0.1) is 24.6 Å². The molecule has 8 nitrogen and oxygen atoms in total. The zero-order valence-corrected chi connectivity index (χ0v) is 20.4. The van der Waals surface area contributed by atoms with Crippen molar-refractivity contribution >= 4 is 29.1 Å². The highest BCUT2D eigenvalue weighted by Gasteiger charge is 2.43. The van der Waals surface area contributed by atoms with Gasteiger partial charge in [-0.3, -0.25) is 0 Å². The van der Waals surface area contributed by atoms with Gasteiger partial charge in [0.25, 0.3) is 0 Å². The van der Waals surface area contributed by atoms with E-state index in [1.165, 1.54) is 25.0 Å². The number of anilines is 5. The number of hydrogen-bond donors (Lipinski definition) is 2. The van der Waals surface area contributed by atoms with Gasteiger partial charge in [0, 0.05) is 61.7 Å². The van der Waals surface area contributed by atoms with E-state index in [9.17, 15) is 4.39 Å². The Bertz CT molecular complexity index is 1220. The van der Waals surface area contributed by atoms with E-state index in [0.29, 0.717) is 23.8 Å². The van der Waals surface area contributed by atoms with E-state index in [2.05, 4.69) is 43.4 Å². The number of benzene rings is 1. The summed E-state index contributed by atoms with van der Waals surface area (Å²) in [4.78, 5) is 23.2. The van der Waals surface area contributed by atoms with E-state index in [1.807, 2.05) is 26.1 Å². The van der Waals surface area contributed by atoms with Gasteiger partial charge in [-0.15, -0.1) is 0 Å². The molecule has 2 aliphatic heterocycles. The van der Waals surface area contributed by atoms with Crippen LogP contribution < -0.4 is 20.4 Å². The summed E-state index contributed by atoms with van der Waals surface area (Å²) in [6, 6.07) is 9.03. The summed E-state index contributed by atoms with van der Waals surface area (Å²) >= 11 is 0. The van der Waals surface area contributed by atoms with Crippen molar-refractivity contribution < 1.29 is 4.39 Å². The second-order valence-corrected chi connectivity index (χ2v) is 10.1. The van der Waals surface area contributed by atoms with Crippen LogP contribution in [0.3, 0.4) is 0 Å². The molecule has 2 bridgehead atoms. The summed E-state index contributed by atoms with van der Waals surface area (Å²) in [5, 5.41) is 7.01. The van der Waals surface area contributed by atoms with Crippen LogP contribution in [0.25, 0.3) is 0 Å². The lowest BCUT2D eigenvalue weighted by Crippen LogP contribution is -2.48. The molecule has 1 aromatic carbocycles. The Kier molecular flexibility index (Phi) is 5.42. The summed E-state index contributed by atoms with van der Waals surface area (Å²) in [7, 11) is 1.91. The first-order valence-electron chi connectivity index (χ1n) is 12.4. The van der Waals surface area contributed by atoms with Crippen LogP contribution in [0.5, 0.6) is 0 Å². The Hall–Kier alpha value is -3.49. The molecule has 0 radical (unpaired) electrons. The molecule has 6 rings (SSSR count). The third-order valence-electron chi connectivity index (χ3n) is 7.75. The second-order valence-electron chi connectivity index (χ2n) is 10.1. The molecular formula is C26H31FN8. The molecule has 1 aliphatic carbocycles. The molecule has 4 heterocycles. The van der Waals surface area contributed by atoms with Crippen molar-refractivity contribution in [1.29, 1.82) is 0 Å². The molecule has 0 amide bonds. The molecular weight excluding hydrogens is 443 g/mol. The number of aromatic nitrogens is 4. The lowest BCUT2D eigenvalue weighted by molar-refractivity contribution is 0.375. The molecule has 2 N–H and O–H groups in total. The van der Waals surface area contributed by atoms with E-state index in [-0.39, 0.29) is 11.7 Å². The molecule has 35 heavy (non-hydrogen) atoms. The molecule has 4 atom stereocenters. The van der Waals surface area contributed by atoms with Gasteiger partial charge in [0.15, 0.2) is 0 Å². The Labute approximate surface area is 205 Å². The fourth-order valence-corrected chi connectivity index (χ4v) is 6.08. The number of piperidine rings is 1. The standard InChI is InChI=1S/C26H31FN8/c1-15-11-35(20-8-6-19(27)7-9-20)25-22(15)24(28-3)32-26(33-25)31-23-17-4-5-18(23)13-34(12-17)21-10-16(2)29-14-30-21/h6-10,14-15,17-18,23H,4-5,11-13H2,1-3H3,(H2,28,31,32,33)/t15-,17-,18+,23-/m0/s1. The SMILES string of the molecule is CNc1nc(N[C@@H]2[C@@H]3CC[C@H]2CN(c2cc(C)ncn2)C3)nc2c1[C@@H](C)CN2c1ccc(F)cc1. The number of hydrogen-bond acceptors (Lipinski definition) is 8. The van der Waals surface area contributed by atoms with Gasteiger partial charge in [-0.1, -0.05) is 6.92 Å². The summed E-state index contributed by atoms with van der Waals surface area (Å²) in [5.41, 5.74) is 3.05. The molecule has 2 aromatic heterocycles. The van der Waals surface area contributed by atoms with Crippen LogP contribution in [-0.2, 0) is 0 Å². The molecule has 1 saturated heterocycles. The zero-order valence-electron chi connectivity index (χ0n) is 20.4. The van der Waals surface area contributed by atoms with E-state index in [0.717, 1.165) is 54.0 Å². The number of fused-ring (bicyclic) bond motifs is 3. The maximum absolute atomic E-state index is 13.5. The Morgan fingerprint density at radius 3 is 2.43 bits per heavy atom. The molecule has 182 valence electrons. The molecule has 1 saturated carbocycles. The van der Waals surface area contributed by atoms with Crippen molar-refractivity contribution in [3.8, 4) is 0 Å². The Morgan fingerprint density at radius 2 is 1.74 bits per heavy atom. The van der Waals surface area contributed by atoms with Crippen molar-refractivity contribution in [3.05, 3.63) is 53.7 Å². The largest absolute Gasteiger partial charge is 0.373 e. The molecule has 3 aromatic rings. The van der Waals surface area contributed by atoms with E-state index in [1.54, 1.807) is 6.33 Å². The van der Waals surface area contributed by atoms with Gasteiger partial charge in [-0.05, 0) is 55.9 Å². The first-order valence-corrected chi connectivity index (χ1v) is 12.4. The van der Waals surface area contributed by atoms with Crippen LogP contribution in [0.4, 0.5) is 33.5 Å². The van der Waals surface area contributed by atoms with Gasteiger partial charge in [-0.2, -0.15) is 9.97 Å². The quantitative estimate of drug-likeness (QED) is 0.565. The van der Waals surface area contributed by atoms with Crippen molar-refractivity contribution in [1.82, 2.24) is 19.9 Å². The van der Waals surface area contributed by atoms with E-state index >= 15 is 0 Å². The van der Waals surface area contributed by atoms with Crippen molar-refractivity contribution in [2.45, 2.75) is 38.6 Å². The third kappa shape index (κ3) is 3.92. The average molecular weight is 475 g/mol. The van der Waals surface area contributed by atoms with Crippen molar-refractivity contribution in [3.63, 3.8) is 0 Å². The smallest absolute Gasteiger partial charge is 0.226 e. The number of halogens is 1. The van der Waals surface area contributed by atoms with Crippen LogP contribution in [0.15, 0.2) is 36.7 Å². The summed E-state index contributed by atoms with van der Waals surface area (Å²) in [6.45, 7) is 6.91. The average Bonchev–Trinajstić information content (AvgIpc) is 3.29. The Morgan fingerprint density at radius 1 is 1.00 bits per heavy atom. The van der Waals surface area contributed by atoms with E-state index < -0.39 is 0 Å². The van der Waals surface area contributed by atoms with Gasteiger partial charge in [0.05, 0.1) is 0 Å². The van der Waals surface area contributed by atoms with Crippen LogP contribution >= 0.6 is 0 Å². The molecule has 3 aliphatic rings. The van der Waals surface area contributed by atoms with E-state index in [4.69, 9.17) is 9.97 Å². The lowest BCUT2D eigenvalue weighted by Gasteiger charge is -2.39. The summed E-state index contributed by atoms with van der Waals surface area (Å²) in [6.07, 6.45) is 4.03. The monoisotopic (exact) mass is 474 g/mol. The normalized spacial score (nSPS) is 25.0. The minimum atomic E-state index is -0.235. The minimum absolute atomic E-state index is 0.235. The van der Waals surface area contributed by atoms with Crippen molar-refractivity contribution in [2.24, 2.45) is 11.8 Å². The highest BCUT2D eigenvalue weighted by molar-refractivity contribution is 5.74. The third-order valence-corrected chi connectivity index (χ3v) is 7.75. The molecule has 0 spiro atoms. The number of nitrogens with one attached hydrogen (secondary N) is 2. The summed E-state index contributed by atoms with van der Waals surface area (Å²) < 4.78 is 13.5. The van der Waals surface area contributed by atoms with Gasteiger partial charge < -0.3 is 20.4 Å². The molecule has 2 fully saturated rings. The second kappa shape index (κ2) is 8.62. The molecule has 0 unspecified atom stereocenters. The zero-order chi connectivity index (χ0) is 24.1. The predicted octanol–water partition coefficient (Wildman–Crippen LogP) is 4.34. The maximum atomic E-state index is 13.5. The van der Waals surface area contributed by atoms with Crippen molar-refractivity contribution in [2.75, 3.05) is 47.1 Å². The summed E-state index contributed by atoms with van der Waals surface area (Å²) in [5.74, 6) is 4.47. The highest BCUT2D eigenvalue weighted by Crippen LogP contribution is 2.44. The first kappa shape index (κ1) is 22.0. The van der Waals surface area contributed by atoms with Gasteiger partial charge in [0.2, 0.25) is 5.95 Å². The van der Waals surface area contributed by atoms with Crippen LogP contribution in [-0.4, -0.2) is 52.7 Å². The number of aryl methyl sites for hydroxylation is 1.